The van der Waals surface area contributed by atoms with E-state index in [9.17, 15) is 4.79 Å². The maximum Gasteiger partial charge on any atom is 0.251 e. The molecule has 1 fully saturated rings. The Balaban J connectivity index is 0.00000225. The molecule has 0 radical (unpaired) electrons. The van der Waals surface area contributed by atoms with Crippen LogP contribution in [0, 0.1) is 12.8 Å². The molecule has 1 aromatic heterocycles. The number of nitrogens with zero attached hydrogens (tertiary/aromatic N) is 2. The minimum atomic E-state index is -0.0889. The van der Waals surface area contributed by atoms with Crippen LogP contribution in [0.4, 0.5) is 0 Å². The summed E-state index contributed by atoms with van der Waals surface area (Å²) < 4.78 is 2.03. The summed E-state index contributed by atoms with van der Waals surface area (Å²) in [6, 6.07) is 3.76. The zero-order chi connectivity index (χ0) is 16.9. The van der Waals surface area contributed by atoms with Crippen LogP contribution in [0.1, 0.15) is 35.2 Å². The quantitative estimate of drug-likeness (QED) is 0.682. The van der Waals surface area contributed by atoms with Crippen LogP contribution in [0.2, 0.25) is 0 Å². The van der Waals surface area contributed by atoms with E-state index in [0.717, 1.165) is 36.1 Å². The Kier molecular flexibility index (Phi) is 7.23. The lowest BCUT2D eigenvalue weighted by Crippen LogP contribution is -2.29. The molecule has 6 nitrogen and oxygen atoms in total. The third-order valence-electron chi connectivity index (χ3n) is 4.78. The van der Waals surface area contributed by atoms with E-state index in [1.807, 2.05) is 23.7 Å². The molecule has 0 atom stereocenters. The monoisotopic (exact) mass is 366 g/mol. The summed E-state index contributed by atoms with van der Waals surface area (Å²) >= 11 is 0. The molecule has 0 bridgehead atoms. The molecule has 1 saturated heterocycles. The van der Waals surface area contributed by atoms with E-state index in [0.29, 0.717) is 24.4 Å². The Morgan fingerprint density at radius 1 is 1.40 bits per heavy atom. The van der Waals surface area contributed by atoms with E-state index < -0.39 is 0 Å². The average molecular weight is 367 g/mol. The number of nitrogens with one attached hydrogen (secondary N) is 2. The third-order valence-corrected chi connectivity index (χ3v) is 4.78. The number of rotatable bonds is 6. The molecule has 2 heterocycles. The summed E-state index contributed by atoms with van der Waals surface area (Å²) in [6.45, 7) is 5.66. The molecule has 0 unspecified atom stereocenters. The van der Waals surface area contributed by atoms with Gasteiger partial charge in [-0.1, -0.05) is 0 Å². The number of hydrogen-bond donors (Lipinski definition) is 3. The zero-order valence-electron chi connectivity index (χ0n) is 14.6. The highest BCUT2D eigenvalue weighted by Crippen LogP contribution is 2.22. The Bertz CT molecular complexity index is 710. The molecule has 1 aliphatic heterocycles. The van der Waals surface area contributed by atoms with E-state index in [1.54, 1.807) is 0 Å². The predicted octanol–water partition coefficient (Wildman–Crippen LogP) is 1.88. The fourth-order valence-corrected chi connectivity index (χ4v) is 3.33. The topological polar surface area (TPSA) is 79.2 Å². The average Bonchev–Trinajstić information content (AvgIpc) is 3.00. The second-order valence-corrected chi connectivity index (χ2v) is 6.55. The van der Waals surface area contributed by atoms with Crippen molar-refractivity contribution in [1.82, 2.24) is 20.4 Å². The Labute approximate surface area is 154 Å². The van der Waals surface area contributed by atoms with Gasteiger partial charge in [0.2, 0.25) is 0 Å². The largest absolute Gasteiger partial charge is 0.396 e. The highest BCUT2D eigenvalue weighted by atomic mass is 35.5. The number of aliphatic hydroxyl groups is 1. The summed E-state index contributed by atoms with van der Waals surface area (Å²) in [6.07, 6.45) is 5.01. The second-order valence-electron chi connectivity index (χ2n) is 6.55. The van der Waals surface area contributed by atoms with Gasteiger partial charge in [0, 0.05) is 36.8 Å². The van der Waals surface area contributed by atoms with E-state index in [2.05, 4.69) is 21.9 Å². The molecular weight excluding hydrogens is 340 g/mol. The van der Waals surface area contributed by atoms with Crippen LogP contribution in [-0.2, 0) is 6.54 Å². The first-order valence-corrected chi connectivity index (χ1v) is 8.75. The van der Waals surface area contributed by atoms with Gasteiger partial charge >= 0.3 is 0 Å². The number of aromatic nitrogens is 2. The molecule has 25 heavy (non-hydrogen) atoms. The van der Waals surface area contributed by atoms with Gasteiger partial charge < -0.3 is 15.7 Å². The fourth-order valence-electron chi connectivity index (χ4n) is 3.33. The predicted molar refractivity (Wildman–Crippen MR) is 101 cm³/mol. The summed E-state index contributed by atoms with van der Waals surface area (Å²) in [5.74, 6) is 0.580. The van der Waals surface area contributed by atoms with Crippen molar-refractivity contribution in [3.8, 4) is 0 Å². The van der Waals surface area contributed by atoms with Gasteiger partial charge in [0.25, 0.3) is 5.91 Å². The van der Waals surface area contributed by atoms with Crippen molar-refractivity contribution in [2.75, 3.05) is 26.2 Å². The number of benzene rings is 1. The Morgan fingerprint density at radius 2 is 2.16 bits per heavy atom. The van der Waals surface area contributed by atoms with E-state index in [1.165, 1.54) is 12.8 Å². The van der Waals surface area contributed by atoms with Gasteiger partial charge in [-0.2, -0.15) is 5.10 Å². The van der Waals surface area contributed by atoms with Gasteiger partial charge in [-0.25, -0.2) is 0 Å². The van der Waals surface area contributed by atoms with Crippen LogP contribution in [0.3, 0.4) is 0 Å². The number of carbonyl (C=O) groups excluding carboxylic acids is 1. The van der Waals surface area contributed by atoms with Crippen LogP contribution < -0.4 is 10.6 Å². The van der Waals surface area contributed by atoms with Gasteiger partial charge in [-0.05, 0) is 62.9 Å². The number of aryl methyl sites for hydroxylation is 1. The van der Waals surface area contributed by atoms with Crippen LogP contribution in [0.5, 0.6) is 0 Å². The molecule has 0 saturated carbocycles. The molecule has 0 aliphatic carbocycles. The second kappa shape index (κ2) is 9.17. The van der Waals surface area contributed by atoms with Crippen molar-refractivity contribution in [1.29, 1.82) is 0 Å². The first-order valence-electron chi connectivity index (χ1n) is 8.75. The lowest BCUT2D eigenvalue weighted by molar-refractivity contribution is 0.0950. The Morgan fingerprint density at radius 3 is 2.88 bits per heavy atom. The Hall–Kier alpha value is -1.63. The van der Waals surface area contributed by atoms with Gasteiger partial charge in [-0.15, -0.1) is 12.4 Å². The molecule has 1 aromatic carbocycles. The molecular formula is C18H27ClN4O2. The maximum atomic E-state index is 12.3. The van der Waals surface area contributed by atoms with Crippen molar-refractivity contribution in [3.63, 3.8) is 0 Å². The summed E-state index contributed by atoms with van der Waals surface area (Å²) in [7, 11) is 0. The standard InChI is InChI=1S/C18H26N4O2.ClH/c1-13-15(18(24)20-7-2-10-23)3-4-17-16(13)12-22(21-17)11-14-5-8-19-9-6-14;/h3-4,12,14,19,23H,2,5-11H2,1H3,(H,20,24);1H. The number of hydrogen-bond acceptors (Lipinski definition) is 4. The highest BCUT2D eigenvalue weighted by molar-refractivity contribution is 6.00. The van der Waals surface area contributed by atoms with Crippen LogP contribution in [0.25, 0.3) is 10.9 Å². The summed E-state index contributed by atoms with van der Waals surface area (Å²) in [5, 5.41) is 20.8. The maximum absolute atomic E-state index is 12.3. The van der Waals surface area contributed by atoms with E-state index >= 15 is 0 Å². The van der Waals surface area contributed by atoms with Gasteiger partial charge in [0.05, 0.1) is 5.52 Å². The first-order chi connectivity index (χ1) is 11.7. The molecule has 3 N–H and O–H groups in total. The zero-order valence-corrected chi connectivity index (χ0v) is 15.4. The van der Waals surface area contributed by atoms with Gasteiger partial charge in [0.15, 0.2) is 0 Å². The fraction of sp³-hybridized carbons (Fsp3) is 0.556. The molecule has 1 aliphatic rings. The smallest absolute Gasteiger partial charge is 0.251 e. The number of amides is 1. The van der Waals surface area contributed by atoms with Crippen molar-refractivity contribution in [2.45, 2.75) is 32.7 Å². The van der Waals surface area contributed by atoms with E-state index in [-0.39, 0.29) is 24.9 Å². The van der Waals surface area contributed by atoms with Crippen molar-refractivity contribution >= 4 is 29.2 Å². The summed E-state index contributed by atoms with van der Waals surface area (Å²) in [5.41, 5.74) is 2.58. The molecule has 7 heteroatoms. The number of fused-ring (bicyclic) bond motifs is 1. The first kappa shape index (κ1) is 19.7. The van der Waals surface area contributed by atoms with Gasteiger partial charge in [0.1, 0.15) is 0 Å². The van der Waals surface area contributed by atoms with Crippen molar-refractivity contribution in [3.05, 3.63) is 29.5 Å². The number of aliphatic hydroxyl groups excluding tert-OH is 1. The number of piperidine rings is 1. The van der Waals surface area contributed by atoms with Crippen molar-refractivity contribution < 1.29 is 9.90 Å². The lowest BCUT2D eigenvalue weighted by Gasteiger charge is -2.22. The SMILES string of the molecule is Cc1c(C(=O)NCCCO)ccc2nn(CC3CCNCC3)cc12.Cl. The molecule has 1 amide bonds. The number of carbonyl (C=O) groups is 1. The molecule has 2 aromatic rings. The normalized spacial score (nSPS) is 15.1. The third kappa shape index (κ3) is 4.71. The van der Waals surface area contributed by atoms with Crippen LogP contribution in [-0.4, -0.2) is 47.0 Å². The molecule has 3 rings (SSSR count). The minimum absolute atomic E-state index is 0. The minimum Gasteiger partial charge on any atom is -0.396 e. The molecule has 138 valence electrons. The van der Waals surface area contributed by atoms with Crippen LogP contribution in [0.15, 0.2) is 18.3 Å². The van der Waals surface area contributed by atoms with Gasteiger partial charge in [-0.3, -0.25) is 9.48 Å². The van der Waals surface area contributed by atoms with E-state index in [4.69, 9.17) is 5.11 Å². The molecule has 0 spiro atoms. The lowest BCUT2D eigenvalue weighted by atomic mass is 9.98. The van der Waals surface area contributed by atoms with Crippen LogP contribution >= 0.6 is 12.4 Å². The highest BCUT2D eigenvalue weighted by Gasteiger charge is 2.16. The van der Waals surface area contributed by atoms with Crippen molar-refractivity contribution in [2.24, 2.45) is 5.92 Å². The number of halogens is 1. The summed E-state index contributed by atoms with van der Waals surface area (Å²) in [4.78, 5) is 12.3.